The number of fused-ring (bicyclic) bond motifs is 2. The van der Waals surface area contributed by atoms with Crippen molar-refractivity contribution in [3.05, 3.63) is 71.5 Å². The van der Waals surface area contributed by atoms with Gasteiger partial charge in [-0.1, -0.05) is 12.6 Å². The van der Waals surface area contributed by atoms with Crippen molar-refractivity contribution in [2.45, 2.75) is 39.8 Å². The maximum Gasteiger partial charge on any atom is 0.229 e. The molecule has 0 aliphatic carbocycles. The van der Waals surface area contributed by atoms with Crippen molar-refractivity contribution in [3.8, 4) is 11.3 Å². The molecule has 0 unspecified atom stereocenters. The summed E-state index contributed by atoms with van der Waals surface area (Å²) in [5, 5.41) is 3.09. The standard InChI is InChI=1S/C28H32F2N8/c1-16(2)38-18(4)32-27-21(29)11-20(12-24(27)38)26-22(30)13-31-28(35-26)34-25-8-7-19-15-37(10-9-23(19)33-25)17(3)14-36(5)6/h7-8,11-13,16H,3,9-10,14-15H2,1-2,4-6H3,(H,31,33,34,35). The van der Waals surface area contributed by atoms with Crippen LogP contribution in [-0.2, 0) is 13.0 Å². The summed E-state index contributed by atoms with van der Waals surface area (Å²) in [5.41, 5.74) is 4.39. The van der Waals surface area contributed by atoms with Crippen molar-refractivity contribution in [3.63, 3.8) is 0 Å². The first-order valence-electron chi connectivity index (χ1n) is 12.6. The first-order chi connectivity index (χ1) is 18.1. The maximum atomic E-state index is 15.0. The van der Waals surface area contributed by atoms with Gasteiger partial charge < -0.3 is 19.7 Å². The van der Waals surface area contributed by atoms with E-state index < -0.39 is 11.6 Å². The third-order valence-electron chi connectivity index (χ3n) is 6.69. The summed E-state index contributed by atoms with van der Waals surface area (Å²) >= 11 is 0. The quantitative estimate of drug-likeness (QED) is 0.359. The second kappa shape index (κ2) is 10.1. The number of benzene rings is 1. The molecule has 0 saturated heterocycles. The average molecular weight is 519 g/mol. The molecule has 10 heteroatoms. The van der Waals surface area contributed by atoms with Gasteiger partial charge in [0.05, 0.1) is 11.7 Å². The zero-order chi connectivity index (χ0) is 27.1. The summed E-state index contributed by atoms with van der Waals surface area (Å²) in [6, 6.07) is 6.94. The first-order valence-corrected chi connectivity index (χ1v) is 12.6. The Morgan fingerprint density at radius 3 is 2.66 bits per heavy atom. The zero-order valence-corrected chi connectivity index (χ0v) is 22.4. The largest absolute Gasteiger partial charge is 0.369 e. The summed E-state index contributed by atoms with van der Waals surface area (Å²) in [6.07, 6.45) is 1.87. The number of halogens is 2. The molecule has 1 aliphatic heterocycles. The van der Waals surface area contributed by atoms with Gasteiger partial charge in [0.2, 0.25) is 5.95 Å². The third kappa shape index (κ3) is 4.96. The number of pyridine rings is 1. The number of hydrogen-bond donors (Lipinski definition) is 1. The Kier molecular flexibility index (Phi) is 6.83. The number of aromatic nitrogens is 5. The lowest BCUT2D eigenvalue weighted by molar-refractivity contribution is 0.284. The molecule has 1 aliphatic rings. The third-order valence-corrected chi connectivity index (χ3v) is 6.69. The monoisotopic (exact) mass is 518 g/mol. The van der Waals surface area contributed by atoms with E-state index in [-0.39, 0.29) is 23.2 Å². The van der Waals surface area contributed by atoms with E-state index in [0.717, 1.165) is 49.2 Å². The van der Waals surface area contributed by atoms with Crippen LogP contribution >= 0.6 is 0 Å². The molecule has 8 nitrogen and oxygen atoms in total. The highest BCUT2D eigenvalue weighted by atomic mass is 19.1. The second-order valence-electron chi connectivity index (χ2n) is 10.2. The summed E-state index contributed by atoms with van der Waals surface area (Å²) in [4.78, 5) is 22.0. The molecule has 0 bridgehead atoms. The number of anilines is 2. The fraction of sp³-hybridized carbons (Fsp3) is 0.357. The minimum Gasteiger partial charge on any atom is -0.369 e. The van der Waals surface area contributed by atoms with Gasteiger partial charge in [-0.15, -0.1) is 0 Å². The van der Waals surface area contributed by atoms with E-state index in [1.54, 1.807) is 6.07 Å². The number of imidazole rings is 1. The molecule has 198 valence electrons. The Hall–Kier alpha value is -3.92. The van der Waals surface area contributed by atoms with Crippen LogP contribution in [0.5, 0.6) is 0 Å². The number of likely N-dealkylation sites (N-methyl/N-ethyl adjacent to an activating group) is 1. The Bertz CT molecular complexity index is 1530. The Morgan fingerprint density at radius 2 is 1.92 bits per heavy atom. The van der Waals surface area contributed by atoms with Crippen LogP contribution in [0.4, 0.5) is 20.5 Å². The molecule has 38 heavy (non-hydrogen) atoms. The molecule has 3 aromatic heterocycles. The van der Waals surface area contributed by atoms with Gasteiger partial charge >= 0.3 is 0 Å². The van der Waals surface area contributed by atoms with Gasteiger partial charge in [0, 0.05) is 49.1 Å². The Labute approximate surface area is 221 Å². The van der Waals surface area contributed by atoms with E-state index in [2.05, 4.69) is 36.6 Å². The van der Waals surface area contributed by atoms with Crippen molar-refractivity contribution in [2.75, 3.05) is 32.5 Å². The van der Waals surface area contributed by atoms with Crippen molar-refractivity contribution in [2.24, 2.45) is 0 Å². The van der Waals surface area contributed by atoms with Crippen molar-refractivity contribution in [1.29, 1.82) is 0 Å². The molecule has 4 aromatic rings. The normalized spacial score (nSPS) is 13.4. The van der Waals surface area contributed by atoms with Gasteiger partial charge in [0.1, 0.15) is 22.9 Å². The van der Waals surface area contributed by atoms with Gasteiger partial charge in [0.15, 0.2) is 11.6 Å². The van der Waals surface area contributed by atoms with E-state index in [1.165, 1.54) is 6.07 Å². The minimum absolute atomic E-state index is 0.00506. The number of rotatable bonds is 7. The average Bonchev–Trinajstić information content (AvgIpc) is 3.21. The Balaban J connectivity index is 1.41. The molecular formula is C28H32F2N8. The van der Waals surface area contributed by atoms with Crippen molar-refractivity contribution in [1.82, 2.24) is 34.3 Å². The molecule has 0 amide bonds. The smallest absolute Gasteiger partial charge is 0.229 e. The Morgan fingerprint density at radius 1 is 1.13 bits per heavy atom. The second-order valence-corrected chi connectivity index (χ2v) is 10.2. The fourth-order valence-electron chi connectivity index (χ4n) is 5.02. The summed E-state index contributed by atoms with van der Waals surface area (Å²) < 4.78 is 31.8. The van der Waals surface area contributed by atoms with E-state index in [1.807, 2.05) is 51.6 Å². The van der Waals surface area contributed by atoms with Crippen LogP contribution in [0.3, 0.4) is 0 Å². The van der Waals surface area contributed by atoms with E-state index in [0.29, 0.717) is 22.7 Å². The molecule has 0 atom stereocenters. The summed E-state index contributed by atoms with van der Waals surface area (Å²) in [6.45, 7) is 12.4. The number of hydrogen-bond acceptors (Lipinski definition) is 7. The molecule has 1 N–H and O–H groups in total. The van der Waals surface area contributed by atoms with Crippen LogP contribution in [-0.4, -0.2) is 61.5 Å². The highest BCUT2D eigenvalue weighted by Crippen LogP contribution is 2.31. The predicted molar refractivity (Wildman–Crippen MR) is 145 cm³/mol. The van der Waals surface area contributed by atoms with Crippen LogP contribution < -0.4 is 5.32 Å². The molecule has 0 radical (unpaired) electrons. The molecule has 0 spiro atoms. The molecular weight excluding hydrogens is 486 g/mol. The van der Waals surface area contributed by atoms with Gasteiger partial charge in [-0.25, -0.2) is 28.7 Å². The molecule has 4 heterocycles. The van der Waals surface area contributed by atoms with Crippen LogP contribution in [0.15, 0.2) is 42.7 Å². The van der Waals surface area contributed by atoms with Crippen molar-refractivity contribution < 1.29 is 8.78 Å². The van der Waals surface area contributed by atoms with Gasteiger partial charge in [-0.3, -0.25) is 0 Å². The lowest BCUT2D eigenvalue weighted by Gasteiger charge is -2.32. The number of aryl methyl sites for hydroxylation is 1. The van der Waals surface area contributed by atoms with Crippen LogP contribution in [0, 0.1) is 18.6 Å². The van der Waals surface area contributed by atoms with E-state index in [4.69, 9.17) is 4.98 Å². The van der Waals surface area contributed by atoms with Crippen LogP contribution in [0.25, 0.3) is 22.3 Å². The summed E-state index contributed by atoms with van der Waals surface area (Å²) in [7, 11) is 4.06. The zero-order valence-electron chi connectivity index (χ0n) is 22.4. The molecule has 1 aromatic carbocycles. The van der Waals surface area contributed by atoms with Gasteiger partial charge in [0.25, 0.3) is 0 Å². The maximum absolute atomic E-state index is 15.0. The molecule has 0 fully saturated rings. The first kappa shape index (κ1) is 25.7. The van der Waals surface area contributed by atoms with Crippen LogP contribution in [0.2, 0.25) is 0 Å². The van der Waals surface area contributed by atoms with Crippen molar-refractivity contribution >= 4 is 22.8 Å². The van der Waals surface area contributed by atoms with Crippen LogP contribution in [0.1, 0.15) is 37.0 Å². The lowest BCUT2D eigenvalue weighted by atomic mass is 10.1. The lowest BCUT2D eigenvalue weighted by Crippen LogP contribution is -2.34. The van der Waals surface area contributed by atoms with Gasteiger partial charge in [-0.05, 0) is 58.6 Å². The minimum atomic E-state index is -0.641. The highest BCUT2D eigenvalue weighted by molar-refractivity contribution is 5.83. The number of nitrogens with one attached hydrogen (secondary N) is 1. The topological polar surface area (TPSA) is 75.0 Å². The number of nitrogens with zero attached hydrogens (tertiary/aromatic N) is 7. The fourth-order valence-corrected chi connectivity index (χ4v) is 5.02. The highest BCUT2D eigenvalue weighted by Gasteiger charge is 2.21. The summed E-state index contributed by atoms with van der Waals surface area (Å²) in [5.74, 6) is 0.279. The SMILES string of the molecule is C=C(CN(C)C)N1CCc2nc(Nc3ncc(F)c(-c4cc(F)c5nc(C)n(C(C)C)c5c4)n3)ccc2C1. The van der Waals surface area contributed by atoms with Gasteiger partial charge in [-0.2, -0.15) is 0 Å². The van der Waals surface area contributed by atoms with E-state index in [9.17, 15) is 8.78 Å². The predicted octanol–water partition coefficient (Wildman–Crippen LogP) is 5.23. The molecule has 5 rings (SSSR count). The molecule has 0 saturated carbocycles. The van der Waals surface area contributed by atoms with E-state index >= 15 is 0 Å².